The Kier molecular flexibility index (Phi) is 6.64. The first kappa shape index (κ1) is 17.1. The van der Waals surface area contributed by atoms with E-state index in [4.69, 9.17) is 0 Å². The minimum Gasteiger partial charge on any atom is -0.469 e. The van der Waals surface area contributed by atoms with Crippen molar-refractivity contribution in [2.75, 3.05) is 13.7 Å². The lowest BCUT2D eigenvalue weighted by Crippen LogP contribution is -2.26. The number of nitrogens with one attached hydrogen (secondary N) is 1. The molecular formula is C13H18BrNO4S. The predicted molar refractivity (Wildman–Crippen MR) is 80.0 cm³/mol. The Balaban J connectivity index is 2.72. The van der Waals surface area contributed by atoms with Crippen molar-refractivity contribution in [1.29, 1.82) is 0 Å². The molecule has 0 heterocycles. The van der Waals surface area contributed by atoms with Crippen LogP contribution >= 0.6 is 15.9 Å². The molecule has 0 aliphatic heterocycles. The molecule has 0 atom stereocenters. The molecule has 0 spiro atoms. The van der Waals surface area contributed by atoms with Crippen LogP contribution < -0.4 is 4.72 Å². The van der Waals surface area contributed by atoms with Gasteiger partial charge < -0.3 is 4.74 Å². The normalized spacial score (nSPS) is 11.3. The second kappa shape index (κ2) is 7.75. The van der Waals surface area contributed by atoms with Gasteiger partial charge in [0.2, 0.25) is 10.0 Å². The molecule has 5 nitrogen and oxygen atoms in total. The highest BCUT2D eigenvalue weighted by Crippen LogP contribution is 2.21. The van der Waals surface area contributed by atoms with Crippen molar-refractivity contribution in [3.05, 3.63) is 28.2 Å². The minimum atomic E-state index is -3.55. The fourth-order valence-corrected chi connectivity index (χ4v) is 3.48. The molecule has 1 aromatic carbocycles. The van der Waals surface area contributed by atoms with E-state index in [0.717, 1.165) is 10.0 Å². The van der Waals surface area contributed by atoms with E-state index in [1.165, 1.54) is 7.11 Å². The number of halogens is 1. The molecular weight excluding hydrogens is 346 g/mol. The number of methoxy groups -OCH3 is 1. The third-order valence-corrected chi connectivity index (χ3v) is 4.83. The monoisotopic (exact) mass is 363 g/mol. The van der Waals surface area contributed by atoms with Crippen molar-refractivity contribution < 1.29 is 17.9 Å². The van der Waals surface area contributed by atoms with E-state index in [0.29, 0.717) is 12.8 Å². The number of hydrogen-bond acceptors (Lipinski definition) is 4. The van der Waals surface area contributed by atoms with E-state index in [-0.39, 0.29) is 23.8 Å². The third-order valence-electron chi connectivity index (χ3n) is 2.77. The number of benzene rings is 1. The maximum atomic E-state index is 12.2. The topological polar surface area (TPSA) is 72.5 Å². The van der Waals surface area contributed by atoms with Crippen LogP contribution in [0.25, 0.3) is 0 Å². The largest absolute Gasteiger partial charge is 0.469 e. The predicted octanol–water partition coefficient (Wildman–Crippen LogP) is 2.24. The summed E-state index contributed by atoms with van der Waals surface area (Å²) in [5, 5.41) is 0. The molecule has 1 N–H and O–H groups in total. The molecule has 0 aromatic heterocycles. The van der Waals surface area contributed by atoms with Gasteiger partial charge in [-0.05, 0) is 36.6 Å². The molecule has 0 bridgehead atoms. The van der Waals surface area contributed by atoms with Crippen LogP contribution in [0.3, 0.4) is 0 Å². The Morgan fingerprint density at radius 2 is 2.10 bits per heavy atom. The average molecular weight is 364 g/mol. The van der Waals surface area contributed by atoms with E-state index in [9.17, 15) is 13.2 Å². The van der Waals surface area contributed by atoms with Gasteiger partial charge in [0.15, 0.2) is 0 Å². The van der Waals surface area contributed by atoms with Crippen molar-refractivity contribution in [3.8, 4) is 0 Å². The highest BCUT2D eigenvalue weighted by atomic mass is 79.9. The SMILES string of the molecule is CCc1cc(Br)ccc1S(=O)(=O)NCCCC(=O)OC. The number of aryl methyl sites for hydroxylation is 1. The van der Waals surface area contributed by atoms with E-state index < -0.39 is 10.0 Å². The molecule has 0 aliphatic carbocycles. The second-order valence-corrected chi connectivity index (χ2v) is 6.83. The lowest BCUT2D eigenvalue weighted by molar-refractivity contribution is -0.140. The molecule has 0 unspecified atom stereocenters. The van der Waals surface area contributed by atoms with Crippen molar-refractivity contribution in [1.82, 2.24) is 4.72 Å². The Morgan fingerprint density at radius 1 is 1.40 bits per heavy atom. The van der Waals surface area contributed by atoms with Crippen LogP contribution in [-0.4, -0.2) is 28.0 Å². The van der Waals surface area contributed by atoms with Crippen molar-refractivity contribution in [3.63, 3.8) is 0 Å². The first-order valence-corrected chi connectivity index (χ1v) is 8.53. The molecule has 112 valence electrons. The maximum absolute atomic E-state index is 12.2. The van der Waals surface area contributed by atoms with Gasteiger partial charge in [0.05, 0.1) is 12.0 Å². The molecule has 20 heavy (non-hydrogen) atoms. The highest BCUT2D eigenvalue weighted by Gasteiger charge is 2.17. The van der Waals surface area contributed by atoms with Gasteiger partial charge in [0.25, 0.3) is 0 Å². The molecule has 0 saturated heterocycles. The number of carbonyl (C=O) groups is 1. The number of hydrogen-bond donors (Lipinski definition) is 1. The van der Waals surface area contributed by atoms with Crippen molar-refractivity contribution in [2.24, 2.45) is 0 Å². The second-order valence-electron chi connectivity index (χ2n) is 4.18. The first-order valence-electron chi connectivity index (χ1n) is 6.25. The summed E-state index contributed by atoms with van der Waals surface area (Å²) < 4.78 is 32.2. The zero-order valence-corrected chi connectivity index (χ0v) is 13.9. The fourth-order valence-electron chi connectivity index (χ4n) is 1.71. The average Bonchev–Trinajstić information content (AvgIpc) is 2.42. The molecule has 1 aromatic rings. The van der Waals surface area contributed by atoms with Gasteiger partial charge in [-0.2, -0.15) is 0 Å². The number of rotatable bonds is 7. The van der Waals surface area contributed by atoms with Gasteiger partial charge in [-0.1, -0.05) is 22.9 Å². The summed E-state index contributed by atoms with van der Waals surface area (Å²) in [5.41, 5.74) is 0.750. The maximum Gasteiger partial charge on any atom is 0.305 e. The fraction of sp³-hybridized carbons (Fsp3) is 0.462. The molecule has 0 aliphatic rings. The summed E-state index contributed by atoms with van der Waals surface area (Å²) in [4.78, 5) is 11.2. The van der Waals surface area contributed by atoms with Crippen LogP contribution in [0.15, 0.2) is 27.6 Å². The summed E-state index contributed by atoms with van der Waals surface area (Å²) in [6.07, 6.45) is 1.22. The lowest BCUT2D eigenvalue weighted by atomic mass is 10.2. The molecule has 1 rings (SSSR count). The van der Waals surface area contributed by atoms with Gasteiger partial charge in [-0.25, -0.2) is 13.1 Å². The number of ether oxygens (including phenoxy) is 1. The summed E-state index contributed by atoms with van der Waals surface area (Å²) in [5.74, 6) is -0.345. The number of esters is 1. The van der Waals surface area contributed by atoms with Crippen LogP contribution in [-0.2, 0) is 26.0 Å². The zero-order chi connectivity index (χ0) is 15.2. The minimum absolute atomic E-state index is 0.194. The Bertz CT molecular complexity index is 572. The standard InChI is InChI=1S/C13H18BrNO4S/c1-3-10-9-11(14)6-7-12(10)20(17,18)15-8-4-5-13(16)19-2/h6-7,9,15H,3-5,8H2,1-2H3. The zero-order valence-electron chi connectivity index (χ0n) is 11.5. The lowest BCUT2D eigenvalue weighted by Gasteiger charge is -2.10. The summed E-state index contributed by atoms with van der Waals surface area (Å²) in [6, 6.07) is 5.07. The summed E-state index contributed by atoms with van der Waals surface area (Å²) >= 11 is 3.32. The molecule has 7 heteroatoms. The van der Waals surface area contributed by atoms with Gasteiger partial charge >= 0.3 is 5.97 Å². The number of carbonyl (C=O) groups excluding carboxylic acids is 1. The van der Waals surface area contributed by atoms with Gasteiger partial charge in [-0.15, -0.1) is 0 Å². The van der Waals surface area contributed by atoms with E-state index in [2.05, 4.69) is 25.4 Å². The number of sulfonamides is 1. The van der Waals surface area contributed by atoms with Crippen LogP contribution in [0.2, 0.25) is 0 Å². The quantitative estimate of drug-likeness (QED) is 0.595. The summed E-state index contributed by atoms with van der Waals surface area (Å²) in [7, 11) is -2.24. The van der Waals surface area contributed by atoms with Crippen LogP contribution in [0.5, 0.6) is 0 Å². The first-order chi connectivity index (χ1) is 9.40. The van der Waals surface area contributed by atoms with Crippen LogP contribution in [0.1, 0.15) is 25.3 Å². The Morgan fingerprint density at radius 3 is 2.70 bits per heavy atom. The van der Waals surface area contributed by atoms with Crippen LogP contribution in [0, 0.1) is 0 Å². The van der Waals surface area contributed by atoms with Crippen molar-refractivity contribution >= 4 is 31.9 Å². The molecule has 0 amide bonds. The molecule has 0 fully saturated rings. The smallest absolute Gasteiger partial charge is 0.305 e. The summed E-state index contributed by atoms with van der Waals surface area (Å²) in [6.45, 7) is 2.11. The van der Waals surface area contributed by atoms with E-state index in [1.807, 2.05) is 6.92 Å². The molecule has 0 radical (unpaired) electrons. The van der Waals surface area contributed by atoms with Crippen molar-refractivity contribution in [2.45, 2.75) is 31.1 Å². The highest BCUT2D eigenvalue weighted by molar-refractivity contribution is 9.10. The Hall–Kier alpha value is -0.920. The Labute approximate surface area is 127 Å². The van der Waals surface area contributed by atoms with E-state index >= 15 is 0 Å². The van der Waals surface area contributed by atoms with Gasteiger partial charge in [0.1, 0.15) is 0 Å². The van der Waals surface area contributed by atoms with Gasteiger partial charge in [-0.3, -0.25) is 4.79 Å². The van der Waals surface area contributed by atoms with Crippen LogP contribution in [0.4, 0.5) is 0 Å². The third kappa shape index (κ3) is 4.88. The molecule has 0 saturated carbocycles. The van der Waals surface area contributed by atoms with E-state index in [1.54, 1.807) is 18.2 Å². The van der Waals surface area contributed by atoms with Gasteiger partial charge in [0, 0.05) is 17.4 Å².